The SMILES string of the molecule is Clc1cccc(-c2cccc3oc4ccccc4c23)c1.c1cc(-c2cccc3oc4ccccc4c23)cc(-n2c3cccc4c5cccc6c7ccccc7n(c7cccc2c7c43)c56)c1.c1cc2c3c(c1)-c1cccc4c5ccccc5n(c14)-c1cccc(c1-3)C2. The lowest BCUT2D eigenvalue weighted by atomic mass is 9.93. The molecule has 0 bridgehead atoms. The zero-order valence-corrected chi connectivity index (χ0v) is 49.7. The maximum Gasteiger partial charge on any atom is 0.136 e. The second-order valence-corrected chi connectivity index (χ2v) is 24.7. The van der Waals surface area contributed by atoms with E-state index in [-0.39, 0.29) is 0 Å². The van der Waals surface area contributed by atoms with Crippen molar-refractivity contribution in [3.05, 3.63) is 307 Å². The average Bonchev–Trinajstić information content (AvgIpc) is 1.54. The lowest BCUT2D eigenvalue weighted by molar-refractivity contribution is 0.668. The van der Waals surface area contributed by atoms with Crippen LogP contribution in [0.1, 0.15) is 11.1 Å². The maximum absolute atomic E-state index is 6.25. The lowest BCUT2D eigenvalue weighted by Crippen LogP contribution is -1.96. The average molecular weight is 1180 g/mol. The topological polar surface area (TPSA) is 40.6 Å². The molecule has 5 nitrogen and oxygen atoms in total. The van der Waals surface area contributed by atoms with E-state index in [0.717, 1.165) is 72.1 Å². The summed E-state index contributed by atoms with van der Waals surface area (Å²) in [6.07, 6.45) is 1.04. The number of benzene rings is 14. The normalized spacial score (nSPS) is 12.4. The molecule has 0 radical (unpaired) electrons. The fourth-order valence-electron chi connectivity index (χ4n) is 15.9. The highest BCUT2D eigenvalue weighted by molar-refractivity contribution is 6.32. The Morgan fingerprint density at radius 3 is 1.49 bits per heavy atom. The molecule has 0 amide bonds. The number of aromatic nitrogens is 3. The zero-order chi connectivity index (χ0) is 59.6. The summed E-state index contributed by atoms with van der Waals surface area (Å²) in [5, 5.41) is 15.7. The molecule has 0 saturated carbocycles. The summed E-state index contributed by atoms with van der Waals surface area (Å²) >= 11 is 6.11. The minimum Gasteiger partial charge on any atom is -0.456 e. The van der Waals surface area contributed by atoms with Crippen LogP contribution in [0, 0.1) is 0 Å². The molecule has 6 aromatic heterocycles. The van der Waals surface area contributed by atoms with E-state index in [0.29, 0.717) is 0 Å². The highest BCUT2D eigenvalue weighted by Gasteiger charge is 2.31. The number of hydrogen-bond acceptors (Lipinski definition) is 2. The molecule has 0 atom stereocenters. The molecule has 424 valence electrons. The molecule has 0 N–H and O–H groups in total. The van der Waals surface area contributed by atoms with Gasteiger partial charge in [0.05, 0.1) is 44.3 Å². The van der Waals surface area contributed by atoms with Crippen LogP contribution >= 0.6 is 11.6 Å². The van der Waals surface area contributed by atoms with Crippen LogP contribution in [-0.2, 0) is 6.42 Å². The summed E-state index contributed by atoms with van der Waals surface area (Å²) in [4.78, 5) is 0. The second-order valence-electron chi connectivity index (χ2n) is 24.3. The van der Waals surface area contributed by atoms with Crippen LogP contribution in [0.15, 0.2) is 300 Å². The van der Waals surface area contributed by atoms with Crippen molar-refractivity contribution < 1.29 is 8.83 Å². The maximum atomic E-state index is 6.25. The van der Waals surface area contributed by atoms with Crippen molar-refractivity contribution in [1.82, 2.24) is 13.5 Å². The van der Waals surface area contributed by atoms with Crippen molar-refractivity contribution in [1.29, 1.82) is 0 Å². The number of rotatable bonds is 3. The summed E-state index contributed by atoms with van der Waals surface area (Å²) in [6.45, 7) is 0. The van der Waals surface area contributed by atoms with Crippen molar-refractivity contribution in [2.75, 3.05) is 0 Å². The van der Waals surface area contributed by atoms with E-state index in [1.54, 1.807) is 0 Å². The molecular formula is C85H50ClN3O2. The van der Waals surface area contributed by atoms with Crippen LogP contribution in [0.2, 0.25) is 5.02 Å². The molecule has 0 spiro atoms. The molecule has 20 aromatic rings. The van der Waals surface area contributed by atoms with Crippen LogP contribution in [0.5, 0.6) is 0 Å². The monoisotopic (exact) mass is 1180 g/mol. The van der Waals surface area contributed by atoms with Crippen molar-refractivity contribution in [3.63, 3.8) is 0 Å². The van der Waals surface area contributed by atoms with Crippen molar-refractivity contribution in [2.24, 2.45) is 0 Å². The fourth-order valence-corrected chi connectivity index (χ4v) is 16.1. The van der Waals surface area contributed by atoms with Crippen LogP contribution in [-0.4, -0.2) is 13.5 Å². The standard InChI is InChI=1S/C42H24N2O.C25H15N.C18H11ClO/c1-3-18-33-28(12-1)30-16-6-17-31-29-15-7-19-34-40(29)41-35(20-9-21-36(41)44(33)42(30)31)43(34)26-11-5-10-25(24-26)27-14-8-23-38-39(27)32-13-2-4-22-37(32)45-38;1-2-12-21-17(8-1)19-10-5-11-20-18-9-3-6-15-14-16-7-4-13-22(24(16)23(15)18)26(21)25(19)20;19-13-6-3-5-12(11-13)14-8-4-10-17-18(14)15-7-1-2-9-16(15)20-17/h1-24H;1-13H,14H2;1-11H. The first-order chi connectivity index (χ1) is 45.1. The third-order valence-corrected chi connectivity index (χ3v) is 19.7. The van der Waals surface area contributed by atoms with Crippen LogP contribution in [0.4, 0.5) is 0 Å². The predicted octanol–water partition coefficient (Wildman–Crippen LogP) is 23.7. The van der Waals surface area contributed by atoms with Gasteiger partial charge in [0.25, 0.3) is 0 Å². The molecule has 91 heavy (non-hydrogen) atoms. The van der Waals surface area contributed by atoms with Gasteiger partial charge in [0.1, 0.15) is 22.3 Å². The lowest BCUT2D eigenvalue weighted by Gasteiger charge is -2.12. The van der Waals surface area contributed by atoms with E-state index >= 15 is 0 Å². The molecule has 6 heteroatoms. The Labute approximate surface area is 526 Å². The predicted molar refractivity (Wildman–Crippen MR) is 380 cm³/mol. The summed E-state index contributed by atoms with van der Waals surface area (Å²) in [5.74, 6) is 0. The quantitative estimate of drug-likeness (QED) is 0.177. The number of nitrogens with zero attached hydrogens (tertiary/aromatic N) is 3. The van der Waals surface area contributed by atoms with E-state index in [2.05, 4.69) is 244 Å². The molecule has 1 aliphatic carbocycles. The molecule has 14 aromatic carbocycles. The van der Waals surface area contributed by atoms with Crippen molar-refractivity contribution >= 4 is 137 Å². The number of hydrogen-bond donors (Lipinski definition) is 0. The Hall–Kier alpha value is -11.6. The van der Waals surface area contributed by atoms with Gasteiger partial charge in [-0.3, -0.25) is 0 Å². The van der Waals surface area contributed by atoms with Gasteiger partial charge in [0.2, 0.25) is 0 Å². The summed E-state index contributed by atoms with van der Waals surface area (Å²) in [7, 11) is 0. The number of halogens is 1. The first kappa shape index (κ1) is 50.4. The number of para-hydroxylation sites is 6. The van der Waals surface area contributed by atoms with Gasteiger partial charge in [0.15, 0.2) is 0 Å². The number of furan rings is 2. The molecule has 0 saturated heterocycles. The summed E-state index contributed by atoms with van der Waals surface area (Å²) in [6, 6.07) is 104. The van der Waals surface area contributed by atoms with E-state index in [9.17, 15) is 0 Å². The van der Waals surface area contributed by atoms with Gasteiger partial charge in [-0.2, -0.15) is 0 Å². The highest BCUT2D eigenvalue weighted by Crippen LogP contribution is 2.52. The first-order valence-corrected chi connectivity index (χ1v) is 31.5. The third-order valence-electron chi connectivity index (χ3n) is 19.5. The third kappa shape index (κ3) is 7.18. The Morgan fingerprint density at radius 1 is 0.286 bits per heavy atom. The van der Waals surface area contributed by atoms with Crippen LogP contribution in [0.3, 0.4) is 0 Å². The van der Waals surface area contributed by atoms with Gasteiger partial charge in [-0.25, -0.2) is 0 Å². The Morgan fingerprint density at radius 2 is 0.758 bits per heavy atom. The second kappa shape index (κ2) is 19.2. The van der Waals surface area contributed by atoms with Crippen LogP contribution in [0.25, 0.3) is 181 Å². The minimum atomic E-state index is 0.743. The summed E-state index contributed by atoms with van der Waals surface area (Å²) < 4.78 is 19.6. The van der Waals surface area contributed by atoms with E-state index in [4.69, 9.17) is 20.4 Å². The van der Waals surface area contributed by atoms with E-state index < -0.39 is 0 Å². The van der Waals surface area contributed by atoms with E-state index in [1.165, 1.54) is 132 Å². The fraction of sp³-hybridized carbons (Fsp3) is 0.0118. The van der Waals surface area contributed by atoms with Gasteiger partial charge in [-0.15, -0.1) is 0 Å². The van der Waals surface area contributed by atoms with Gasteiger partial charge >= 0.3 is 0 Å². The van der Waals surface area contributed by atoms with Gasteiger partial charge in [-0.05, 0) is 141 Å². The molecule has 0 unspecified atom stereocenters. The molecule has 1 aliphatic heterocycles. The molecule has 7 heterocycles. The van der Waals surface area contributed by atoms with E-state index in [1.807, 2.05) is 60.7 Å². The number of fused-ring (bicyclic) bond motifs is 16. The summed E-state index contributed by atoms with van der Waals surface area (Å²) in [5.41, 5.74) is 28.0. The van der Waals surface area contributed by atoms with Crippen LogP contribution < -0.4 is 0 Å². The molecule has 22 rings (SSSR count). The smallest absolute Gasteiger partial charge is 0.136 e. The zero-order valence-electron chi connectivity index (χ0n) is 49.0. The molecule has 2 aliphatic rings. The Bertz CT molecular complexity index is 6460. The molecule has 0 fully saturated rings. The van der Waals surface area contributed by atoms with Gasteiger partial charge in [-0.1, -0.05) is 218 Å². The van der Waals surface area contributed by atoms with Crippen molar-refractivity contribution in [3.8, 4) is 55.9 Å². The van der Waals surface area contributed by atoms with Gasteiger partial charge < -0.3 is 22.4 Å². The Balaban J connectivity index is 0.000000105. The Kier molecular flexibility index (Phi) is 10.6. The molecular weight excluding hydrogens is 1130 g/mol. The van der Waals surface area contributed by atoms with Crippen molar-refractivity contribution in [2.45, 2.75) is 6.42 Å². The highest BCUT2D eigenvalue weighted by atomic mass is 35.5. The minimum absolute atomic E-state index is 0.743. The largest absolute Gasteiger partial charge is 0.456 e. The first-order valence-electron chi connectivity index (χ1n) is 31.1. The van der Waals surface area contributed by atoms with Gasteiger partial charge in [0, 0.05) is 81.1 Å².